The van der Waals surface area contributed by atoms with Crippen LogP contribution in [0.4, 0.5) is 0 Å². The number of hydrogen-bond acceptors (Lipinski definition) is 3. The Bertz CT molecular complexity index is 541. The lowest BCUT2D eigenvalue weighted by molar-refractivity contribution is 0.194. The summed E-state index contributed by atoms with van der Waals surface area (Å²) in [5.74, 6) is 1.05. The summed E-state index contributed by atoms with van der Waals surface area (Å²) in [4.78, 5) is 4.08. The normalized spacial score (nSPS) is 12.2. The third kappa shape index (κ3) is 3.13. The topological polar surface area (TPSA) is 42.4 Å². The van der Waals surface area contributed by atoms with Crippen molar-refractivity contribution in [3.8, 4) is 11.5 Å². The lowest BCUT2D eigenvalue weighted by atomic mass is 10.2. The third-order valence-corrected chi connectivity index (χ3v) is 2.84. The van der Waals surface area contributed by atoms with Gasteiger partial charge in [-0.3, -0.25) is 4.98 Å². The van der Waals surface area contributed by atoms with Gasteiger partial charge in [-0.25, -0.2) is 0 Å². The Morgan fingerprint density at radius 1 is 1.22 bits per heavy atom. The second-order valence-electron chi connectivity index (χ2n) is 3.77. The zero-order chi connectivity index (χ0) is 13.1. The highest BCUT2D eigenvalue weighted by Gasteiger charge is 2.06. The first-order valence-corrected chi connectivity index (χ1v) is 6.09. The second-order valence-corrected chi connectivity index (χ2v) is 4.62. The Kier molecular flexibility index (Phi) is 4.07. The number of halogens is 2. The van der Waals surface area contributed by atoms with Crippen molar-refractivity contribution < 1.29 is 9.84 Å². The van der Waals surface area contributed by atoms with Crippen molar-refractivity contribution in [1.29, 1.82) is 0 Å². The van der Waals surface area contributed by atoms with Crippen LogP contribution < -0.4 is 4.74 Å². The van der Waals surface area contributed by atoms with Crippen LogP contribution in [0.15, 0.2) is 36.5 Å². The number of pyridine rings is 1. The molecule has 0 fully saturated rings. The molecule has 94 valence electrons. The second kappa shape index (κ2) is 5.57. The zero-order valence-electron chi connectivity index (χ0n) is 9.60. The monoisotopic (exact) mass is 283 g/mol. The van der Waals surface area contributed by atoms with Gasteiger partial charge in [-0.2, -0.15) is 0 Å². The molecule has 0 saturated heterocycles. The Balaban J connectivity index is 2.18. The number of aliphatic hydroxyl groups excluding tert-OH is 1. The van der Waals surface area contributed by atoms with E-state index < -0.39 is 6.10 Å². The molecular weight excluding hydrogens is 273 g/mol. The van der Waals surface area contributed by atoms with Gasteiger partial charge in [0, 0.05) is 5.02 Å². The highest BCUT2D eigenvalue weighted by Crippen LogP contribution is 2.31. The zero-order valence-corrected chi connectivity index (χ0v) is 11.1. The molecule has 1 aromatic carbocycles. The third-order valence-electron chi connectivity index (χ3n) is 2.31. The van der Waals surface area contributed by atoms with Gasteiger partial charge in [-0.15, -0.1) is 0 Å². The van der Waals surface area contributed by atoms with Gasteiger partial charge in [0.05, 0.1) is 23.0 Å². The fraction of sp³-hybridized carbons (Fsp3) is 0.154. The first-order chi connectivity index (χ1) is 8.56. The van der Waals surface area contributed by atoms with Crippen molar-refractivity contribution in [3.05, 3.63) is 52.3 Å². The highest BCUT2D eigenvalue weighted by atomic mass is 35.5. The lowest BCUT2D eigenvalue weighted by Crippen LogP contribution is -1.95. The summed E-state index contributed by atoms with van der Waals surface area (Å²) in [6.45, 7) is 1.65. The standard InChI is InChI=1S/C13H11Cl2NO2/c1-8(17)12-4-3-10(7-16-12)18-13-5-2-9(14)6-11(13)15/h2-8,17H,1H3. The van der Waals surface area contributed by atoms with Gasteiger partial charge in [-0.05, 0) is 37.3 Å². The van der Waals surface area contributed by atoms with Gasteiger partial charge < -0.3 is 9.84 Å². The molecule has 3 nitrogen and oxygen atoms in total. The molecule has 0 radical (unpaired) electrons. The van der Waals surface area contributed by atoms with E-state index >= 15 is 0 Å². The summed E-state index contributed by atoms with van der Waals surface area (Å²) in [6, 6.07) is 8.41. The number of nitrogens with zero attached hydrogens (tertiary/aromatic N) is 1. The molecule has 0 saturated carbocycles. The summed E-state index contributed by atoms with van der Waals surface area (Å²) in [6.07, 6.45) is 0.936. The van der Waals surface area contributed by atoms with E-state index in [1.165, 1.54) is 6.20 Å². The molecule has 1 atom stereocenters. The summed E-state index contributed by atoms with van der Waals surface area (Å²) in [5, 5.41) is 10.3. The summed E-state index contributed by atoms with van der Waals surface area (Å²) in [7, 11) is 0. The van der Waals surface area contributed by atoms with Crippen LogP contribution >= 0.6 is 23.2 Å². The number of aromatic nitrogens is 1. The van der Waals surface area contributed by atoms with E-state index in [0.717, 1.165) is 0 Å². The van der Waals surface area contributed by atoms with Crippen LogP contribution in [0, 0.1) is 0 Å². The van der Waals surface area contributed by atoms with Crippen molar-refractivity contribution in [2.75, 3.05) is 0 Å². The van der Waals surface area contributed by atoms with Crippen molar-refractivity contribution in [3.63, 3.8) is 0 Å². The predicted molar refractivity (Wildman–Crippen MR) is 71.4 cm³/mol. The Labute approximate surface area is 115 Å². The van der Waals surface area contributed by atoms with Gasteiger partial charge in [-0.1, -0.05) is 23.2 Å². The summed E-state index contributed by atoms with van der Waals surface area (Å²) in [5.41, 5.74) is 0.588. The largest absolute Gasteiger partial charge is 0.454 e. The van der Waals surface area contributed by atoms with E-state index in [-0.39, 0.29) is 0 Å². The van der Waals surface area contributed by atoms with E-state index in [1.807, 2.05) is 0 Å². The molecule has 1 heterocycles. The maximum atomic E-state index is 9.34. The molecule has 1 N–H and O–H groups in total. The van der Waals surface area contributed by atoms with Crippen molar-refractivity contribution in [2.45, 2.75) is 13.0 Å². The van der Waals surface area contributed by atoms with E-state index in [1.54, 1.807) is 37.3 Å². The maximum Gasteiger partial charge on any atom is 0.146 e. The summed E-state index contributed by atoms with van der Waals surface area (Å²) >= 11 is 11.8. The quantitative estimate of drug-likeness (QED) is 0.916. The van der Waals surface area contributed by atoms with Crippen molar-refractivity contribution >= 4 is 23.2 Å². The molecule has 2 rings (SSSR count). The molecular formula is C13H11Cl2NO2. The van der Waals surface area contributed by atoms with Crippen LogP contribution in [0.1, 0.15) is 18.7 Å². The predicted octanol–water partition coefficient (Wildman–Crippen LogP) is 4.23. The van der Waals surface area contributed by atoms with E-state index in [0.29, 0.717) is 27.2 Å². The average Bonchev–Trinajstić information content (AvgIpc) is 2.33. The van der Waals surface area contributed by atoms with Crippen LogP contribution in [0.25, 0.3) is 0 Å². The fourth-order valence-electron chi connectivity index (χ4n) is 1.38. The van der Waals surface area contributed by atoms with Gasteiger partial charge in [0.25, 0.3) is 0 Å². The van der Waals surface area contributed by atoms with Crippen molar-refractivity contribution in [2.24, 2.45) is 0 Å². The smallest absolute Gasteiger partial charge is 0.146 e. The van der Waals surface area contributed by atoms with Crippen LogP contribution in [-0.4, -0.2) is 10.1 Å². The van der Waals surface area contributed by atoms with Crippen LogP contribution in [0.2, 0.25) is 10.0 Å². The Hall–Kier alpha value is -1.29. The number of aliphatic hydroxyl groups is 1. The first kappa shape index (κ1) is 13.1. The van der Waals surface area contributed by atoms with Gasteiger partial charge in [0.2, 0.25) is 0 Å². The molecule has 0 bridgehead atoms. The van der Waals surface area contributed by atoms with Crippen LogP contribution in [-0.2, 0) is 0 Å². The van der Waals surface area contributed by atoms with Gasteiger partial charge in [0.15, 0.2) is 0 Å². The SMILES string of the molecule is CC(O)c1ccc(Oc2ccc(Cl)cc2Cl)cn1. The molecule has 5 heteroatoms. The molecule has 18 heavy (non-hydrogen) atoms. The van der Waals surface area contributed by atoms with Gasteiger partial charge >= 0.3 is 0 Å². The molecule has 0 aliphatic heterocycles. The Morgan fingerprint density at radius 2 is 2.00 bits per heavy atom. The number of rotatable bonds is 3. The van der Waals surface area contributed by atoms with Crippen molar-refractivity contribution in [1.82, 2.24) is 4.98 Å². The molecule has 2 aromatic rings. The fourth-order valence-corrected chi connectivity index (χ4v) is 1.83. The van der Waals surface area contributed by atoms with E-state index in [2.05, 4.69) is 4.98 Å². The number of hydrogen-bond donors (Lipinski definition) is 1. The highest BCUT2D eigenvalue weighted by molar-refractivity contribution is 6.35. The molecule has 0 aliphatic rings. The van der Waals surface area contributed by atoms with Gasteiger partial charge in [0.1, 0.15) is 11.5 Å². The molecule has 1 unspecified atom stereocenters. The maximum absolute atomic E-state index is 9.34. The number of benzene rings is 1. The molecule has 0 amide bonds. The molecule has 0 aliphatic carbocycles. The summed E-state index contributed by atoms with van der Waals surface area (Å²) < 4.78 is 5.56. The average molecular weight is 284 g/mol. The van der Waals surface area contributed by atoms with Crippen LogP contribution in [0.3, 0.4) is 0 Å². The molecule has 0 spiro atoms. The first-order valence-electron chi connectivity index (χ1n) is 5.33. The van der Waals surface area contributed by atoms with Crippen LogP contribution in [0.5, 0.6) is 11.5 Å². The van der Waals surface area contributed by atoms with E-state index in [9.17, 15) is 5.11 Å². The lowest BCUT2D eigenvalue weighted by Gasteiger charge is -2.08. The minimum atomic E-state index is -0.599. The minimum absolute atomic E-state index is 0.433. The minimum Gasteiger partial charge on any atom is -0.454 e. The van der Waals surface area contributed by atoms with E-state index in [4.69, 9.17) is 27.9 Å². The molecule has 1 aromatic heterocycles. The Morgan fingerprint density at radius 3 is 2.56 bits per heavy atom. The number of ether oxygens (including phenoxy) is 1.